The van der Waals surface area contributed by atoms with Crippen molar-refractivity contribution in [1.29, 1.82) is 0 Å². The van der Waals surface area contributed by atoms with Crippen LogP contribution in [0.5, 0.6) is 5.75 Å². The summed E-state index contributed by atoms with van der Waals surface area (Å²) in [7, 11) is 0. The van der Waals surface area contributed by atoms with E-state index in [-0.39, 0.29) is 5.75 Å². The third-order valence-electron chi connectivity index (χ3n) is 2.72. The van der Waals surface area contributed by atoms with Crippen LogP contribution in [0.3, 0.4) is 0 Å². The molecule has 0 spiro atoms. The first kappa shape index (κ1) is 15.7. The summed E-state index contributed by atoms with van der Waals surface area (Å²) in [5.41, 5.74) is -0.856. The van der Waals surface area contributed by atoms with Crippen LogP contribution >= 0.6 is 0 Å². The number of rotatable bonds is 9. The topological polar surface area (TPSA) is 89.7 Å². The van der Waals surface area contributed by atoms with Crippen LogP contribution in [0.15, 0.2) is 30.9 Å². The number of benzene rings is 1. The van der Waals surface area contributed by atoms with Gasteiger partial charge in [-0.25, -0.2) is 4.79 Å². The van der Waals surface area contributed by atoms with E-state index in [0.29, 0.717) is 6.61 Å². The molecule has 0 aliphatic heterocycles. The molecule has 0 aliphatic carbocycles. The minimum Gasteiger partial charge on any atom is -0.492 e. The smallest absolute Gasteiger partial charge is 0.346 e. The molecule has 0 saturated heterocycles. The Morgan fingerprint density at radius 3 is 2.75 bits per heavy atom. The lowest BCUT2D eigenvalue weighted by Gasteiger charge is -2.09. The molecule has 0 bridgehead atoms. The Hall–Kier alpha value is -2.37. The van der Waals surface area contributed by atoms with E-state index >= 15 is 0 Å². The lowest BCUT2D eigenvalue weighted by Crippen LogP contribution is -2.07. The minimum atomic E-state index is -1.36. The van der Waals surface area contributed by atoms with Gasteiger partial charge in [0.15, 0.2) is 5.56 Å². The van der Waals surface area contributed by atoms with Crippen molar-refractivity contribution in [1.82, 2.24) is 0 Å². The summed E-state index contributed by atoms with van der Waals surface area (Å²) in [5, 5.41) is 19.9. The van der Waals surface area contributed by atoms with Crippen molar-refractivity contribution in [3.63, 3.8) is 0 Å². The number of hydrogen-bond donors (Lipinski definition) is 1. The molecule has 0 aliphatic rings. The third-order valence-corrected chi connectivity index (χ3v) is 2.72. The van der Waals surface area contributed by atoms with Gasteiger partial charge in [0, 0.05) is 6.07 Å². The molecule has 108 valence electrons. The highest BCUT2D eigenvalue weighted by Crippen LogP contribution is 2.28. The van der Waals surface area contributed by atoms with Crippen molar-refractivity contribution in [3.05, 3.63) is 46.5 Å². The van der Waals surface area contributed by atoms with Crippen molar-refractivity contribution in [2.45, 2.75) is 25.7 Å². The SMILES string of the molecule is C=CCCCCCOc1cccc([N+](=O)[O-])c1C(=O)O. The summed E-state index contributed by atoms with van der Waals surface area (Å²) in [6.07, 6.45) is 5.45. The quantitative estimate of drug-likeness (QED) is 0.324. The van der Waals surface area contributed by atoms with Gasteiger partial charge in [0.1, 0.15) is 5.75 Å². The summed E-state index contributed by atoms with van der Waals surface area (Å²) in [6, 6.07) is 4.00. The van der Waals surface area contributed by atoms with Gasteiger partial charge >= 0.3 is 5.97 Å². The first-order valence-corrected chi connectivity index (χ1v) is 6.32. The zero-order chi connectivity index (χ0) is 15.0. The Labute approximate surface area is 116 Å². The predicted molar refractivity (Wildman–Crippen MR) is 74.2 cm³/mol. The highest BCUT2D eigenvalue weighted by molar-refractivity contribution is 5.95. The standard InChI is InChI=1S/C14H17NO5/c1-2-3-4-5-6-10-20-12-9-7-8-11(15(18)19)13(12)14(16)17/h2,7-9H,1,3-6,10H2,(H,16,17). The molecule has 1 aromatic carbocycles. The molecule has 20 heavy (non-hydrogen) atoms. The van der Waals surface area contributed by atoms with Gasteiger partial charge in [-0.2, -0.15) is 0 Å². The summed E-state index contributed by atoms with van der Waals surface area (Å²) >= 11 is 0. The molecule has 0 radical (unpaired) electrons. The maximum Gasteiger partial charge on any atom is 0.346 e. The van der Waals surface area contributed by atoms with Crippen LogP contribution in [0.25, 0.3) is 0 Å². The second-order valence-electron chi connectivity index (χ2n) is 4.20. The van der Waals surface area contributed by atoms with Crippen LogP contribution in [-0.2, 0) is 0 Å². The van der Waals surface area contributed by atoms with Crippen LogP contribution in [0.2, 0.25) is 0 Å². The molecule has 0 saturated carbocycles. The lowest BCUT2D eigenvalue weighted by atomic mass is 10.1. The van der Waals surface area contributed by atoms with Gasteiger partial charge < -0.3 is 9.84 Å². The van der Waals surface area contributed by atoms with Crippen LogP contribution < -0.4 is 4.74 Å². The monoisotopic (exact) mass is 279 g/mol. The van der Waals surface area contributed by atoms with E-state index in [1.807, 2.05) is 6.08 Å². The molecule has 6 heteroatoms. The molecule has 0 aromatic heterocycles. The molecule has 0 heterocycles. The van der Waals surface area contributed by atoms with E-state index in [1.54, 1.807) is 0 Å². The average Bonchev–Trinajstić information content (AvgIpc) is 2.42. The fraction of sp³-hybridized carbons (Fsp3) is 0.357. The number of aromatic carboxylic acids is 1. The van der Waals surface area contributed by atoms with Crippen molar-refractivity contribution in [2.75, 3.05) is 6.61 Å². The molecular weight excluding hydrogens is 262 g/mol. The van der Waals surface area contributed by atoms with E-state index in [0.717, 1.165) is 31.7 Å². The Bertz CT molecular complexity index is 498. The number of ether oxygens (including phenoxy) is 1. The largest absolute Gasteiger partial charge is 0.492 e. The molecule has 6 nitrogen and oxygen atoms in total. The van der Waals surface area contributed by atoms with E-state index in [9.17, 15) is 14.9 Å². The van der Waals surface area contributed by atoms with Crippen molar-refractivity contribution < 1.29 is 19.6 Å². The fourth-order valence-electron chi connectivity index (χ4n) is 1.76. The first-order valence-electron chi connectivity index (χ1n) is 6.32. The molecule has 1 aromatic rings. The maximum atomic E-state index is 11.1. The Morgan fingerprint density at radius 1 is 1.40 bits per heavy atom. The van der Waals surface area contributed by atoms with Crippen LogP contribution in [0.4, 0.5) is 5.69 Å². The Morgan fingerprint density at radius 2 is 2.15 bits per heavy atom. The number of nitro groups is 1. The van der Waals surface area contributed by atoms with E-state index in [1.165, 1.54) is 12.1 Å². The summed E-state index contributed by atoms with van der Waals surface area (Å²) < 4.78 is 5.36. The first-order chi connectivity index (χ1) is 9.57. The molecule has 1 rings (SSSR count). The molecule has 0 fully saturated rings. The van der Waals surface area contributed by atoms with Gasteiger partial charge in [0.05, 0.1) is 11.5 Å². The number of unbranched alkanes of at least 4 members (excludes halogenated alkanes) is 3. The van der Waals surface area contributed by atoms with Crippen molar-refractivity contribution in [3.8, 4) is 5.75 Å². The Kier molecular flexibility index (Phi) is 6.22. The zero-order valence-corrected chi connectivity index (χ0v) is 11.1. The van der Waals surface area contributed by atoms with Gasteiger partial charge in [0.25, 0.3) is 5.69 Å². The van der Waals surface area contributed by atoms with Gasteiger partial charge in [-0.3, -0.25) is 10.1 Å². The van der Waals surface area contributed by atoms with Crippen molar-refractivity contribution >= 4 is 11.7 Å². The number of carbonyl (C=O) groups is 1. The number of nitrogens with zero attached hydrogens (tertiary/aromatic N) is 1. The summed E-state index contributed by atoms with van der Waals surface area (Å²) in [4.78, 5) is 21.2. The average molecular weight is 279 g/mol. The highest BCUT2D eigenvalue weighted by Gasteiger charge is 2.24. The highest BCUT2D eigenvalue weighted by atomic mass is 16.6. The fourth-order valence-corrected chi connectivity index (χ4v) is 1.76. The van der Waals surface area contributed by atoms with Gasteiger partial charge in [0.2, 0.25) is 0 Å². The predicted octanol–water partition coefficient (Wildman–Crippen LogP) is 3.42. The normalized spacial score (nSPS) is 10.0. The molecule has 1 N–H and O–H groups in total. The van der Waals surface area contributed by atoms with E-state index in [2.05, 4.69) is 6.58 Å². The van der Waals surface area contributed by atoms with Crippen LogP contribution in [0, 0.1) is 10.1 Å². The van der Waals surface area contributed by atoms with Gasteiger partial charge in [-0.05, 0) is 31.7 Å². The van der Waals surface area contributed by atoms with Crippen LogP contribution in [0.1, 0.15) is 36.0 Å². The minimum absolute atomic E-state index is 0.0374. The van der Waals surface area contributed by atoms with Crippen molar-refractivity contribution in [2.24, 2.45) is 0 Å². The molecular formula is C14H17NO5. The second-order valence-corrected chi connectivity index (χ2v) is 4.20. The number of hydrogen-bond acceptors (Lipinski definition) is 4. The van der Waals surface area contributed by atoms with Gasteiger partial charge in [-0.1, -0.05) is 12.1 Å². The third kappa shape index (κ3) is 4.38. The van der Waals surface area contributed by atoms with Crippen LogP contribution in [-0.4, -0.2) is 22.6 Å². The second kappa shape index (κ2) is 7.93. The number of nitro benzene ring substituents is 1. The Balaban J connectivity index is 2.70. The summed E-state index contributed by atoms with van der Waals surface area (Å²) in [6.45, 7) is 3.95. The summed E-state index contributed by atoms with van der Waals surface area (Å²) in [5.74, 6) is -1.32. The maximum absolute atomic E-state index is 11.1. The lowest BCUT2D eigenvalue weighted by molar-refractivity contribution is -0.385. The molecule has 0 unspecified atom stereocenters. The molecule has 0 amide bonds. The van der Waals surface area contributed by atoms with Gasteiger partial charge in [-0.15, -0.1) is 6.58 Å². The number of carboxylic acid groups (broad SMARTS) is 1. The van der Waals surface area contributed by atoms with E-state index < -0.39 is 22.1 Å². The zero-order valence-electron chi connectivity index (χ0n) is 11.1. The number of carboxylic acids is 1. The van der Waals surface area contributed by atoms with E-state index in [4.69, 9.17) is 9.84 Å². The number of allylic oxidation sites excluding steroid dienone is 1. The molecule has 0 atom stereocenters.